The number of hydrogen-bond acceptors (Lipinski definition) is 5. The van der Waals surface area contributed by atoms with Crippen LogP contribution in [0.15, 0.2) is 24.3 Å². The molecule has 2 aliphatic rings. The van der Waals surface area contributed by atoms with Crippen LogP contribution in [0.1, 0.15) is 0 Å². The van der Waals surface area contributed by atoms with Gasteiger partial charge in [-0.3, -0.25) is 19.8 Å². The van der Waals surface area contributed by atoms with E-state index >= 15 is 0 Å². The molecule has 0 N–H and O–H groups in total. The molecule has 0 aliphatic carbocycles. The molecule has 0 radical (unpaired) electrons. The molecule has 2 saturated heterocycles. The summed E-state index contributed by atoms with van der Waals surface area (Å²) in [4.78, 5) is 25.8. The largest absolute Gasteiger partial charge is 0.326 e. The van der Waals surface area contributed by atoms with Gasteiger partial charge < -0.3 is 4.90 Å². The Bertz CT molecular complexity index is 553. The van der Waals surface area contributed by atoms with Crippen molar-refractivity contribution in [1.82, 2.24) is 4.90 Å². The third-order valence-corrected chi connectivity index (χ3v) is 4.57. The summed E-state index contributed by atoms with van der Waals surface area (Å²) in [7, 11) is 0. The molecule has 1 aromatic rings. The molecular weight excluding hydrogens is 286 g/mol. The van der Waals surface area contributed by atoms with E-state index < -0.39 is 4.92 Å². The molecule has 0 bridgehead atoms. The van der Waals surface area contributed by atoms with E-state index in [0.717, 1.165) is 11.6 Å². The number of nitro groups is 1. The standard InChI is InChI=1S/C11H9N3O3S2/c15-10-9-5-19-6-12(9)11(18)13(10)7-1-3-8(4-2-7)14(16)17/h1-4,9H,5-6H2/t9-/m0/s1. The van der Waals surface area contributed by atoms with E-state index in [4.69, 9.17) is 12.2 Å². The van der Waals surface area contributed by atoms with Crippen molar-refractivity contribution in [3.8, 4) is 0 Å². The number of thiocarbonyl (C=S) groups is 1. The minimum absolute atomic E-state index is 0.00244. The Morgan fingerprint density at radius 3 is 2.63 bits per heavy atom. The van der Waals surface area contributed by atoms with Gasteiger partial charge in [0.1, 0.15) is 6.04 Å². The predicted octanol–water partition coefficient (Wildman–Crippen LogP) is 1.60. The van der Waals surface area contributed by atoms with E-state index in [-0.39, 0.29) is 17.6 Å². The molecule has 1 amide bonds. The maximum atomic E-state index is 12.3. The first-order valence-electron chi connectivity index (χ1n) is 5.56. The Labute approximate surface area is 118 Å². The second-order valence-corrected chi connectivity index (χ2v) is 5.58. The lowest BCUT2D eigenvalue weighted by Crippen LogP contribution is -2.32. The SMILES string of the molecule is O=C1[C@@H]2CSCN2C(=S)N1c1ccc([N+](=O)[O-])cc1. The van der Waals surface area contributed by atoms with Crippen molar-refractivity contribution in [2.75, 3.05) is 16.5 Å². The van der Waals surface area contributed by atoms with Crippen molar-refractivity contribution >= 4 is 46.4 Å². The van der Waals surface area contributed by atoms with Crippen LogP contribution in [0.5, 0.6) is 0 Å². The number of carbonyl (C=O) groups is 1. The topological polar surface area (TPSA) is 66.7 Å². The van der Waals surface area contributed by atoms with Crippen molar-refractivity contribution in [3.63, 3.8) is 0 Å². The van der Waals surface area contributed by atoms with Crippen LogP contribution >= 0.6 is 24.0 Å². The van der Waals surface area contributed by atoms with Crippen molar-refractivity contribution in [2.24, 2.45) is 0 Å². The van der Waals surface area contributed by atoms with Crippen molar-refractivity contribution < 1.29 is 9.72 Å². The molecule has 0 spiro atoms. The fourth-order valence-electron chi connectivity index (χ4n) is 2.17. The predicted molar refractivity (Wildman–Crippen MR) is 76.1 cm³/mol. The maximum absolute atomic E-state index is 12.3. The first kappa shape index (κ1) is 12.4. The van der Waals surface area contributed by atoms with Gasteiger partial charge in [-0.1, -0.05) is 0 Å². The maximum Gasteiger partial charge on any atom is 0.269 e. The number of thioether (sulfide) groups is 1. The highest BCUT2D eigenvalue weighted by molar-refractivity contribution is 7.99. The zero-order valence-corrected chi connectivity index (χ0v) is 11.3. The summed E-state index contributed by atoms with van der Waals surface area (Å²) in [6.07, 6.45) is 0. The molecule has 1 aromatic carbocycles. The number of anilines is 1. The van der Waals surface area contributed by atoms with Crippen LogP contribution in [0, 0.1) is 10.1 Å². The van der Waals surface area contributed by atoms with E-state index in [0.29, 0.717) is 10.8 Å². The Hall–Kier alpha value is -1.67. The Morgan fingerprint density at radius 1 is 1.37 bits per heavy atom. The van der Waals surface area contributed by atoms with Crippen molar-refractivity contribution in [3.05, 3.63) is 34.4 Å². The van der Waals surface area contributed by atoms with Gasteiger partial charge in [0.15, 0.2) is 5.11 Å². The number of benzene rings is 1. The average Bonchev–Trinajstić information content (AvgIpc) is 2.95. The molecule has 0 saturated carbocycles. The number of rotatable bonds is 2. The number of hydrogen-bond donors (Lipinski definition) is 0. The van der Waals surface area contributed by atoms with E-state index in [1.54, 1.807) is 23.9 Å². The zero-order chi connectivity index (χ0) is 13.6. The summed E-state index contributed by atoms with van der Waals surface area (Å²) < 4.78 is 0. The van der Waals surface area contributed by atoms with Crippen LogP contribution in [0.4, 0.5) is 11.4 Å². The number of carbonyl (C=O) groups excluding carboxylic acids is 1. The third kappa shape index (κ3) is 1.87. The average molecular weight is 295 g/mol. The van der Waals surface area contributed by atoms with Gasteiger partial charge in [-0.25, -0.2) is 0 Å². The van der Waals surface area contributed by atoms with E-state index in [2.05, 4.69) is 0 Å². The number of amides is 1. The first-order valence-corrected chi connectivity index (χ1v) is 7.12. The van der Waals surface area contributed by atoms with Crippen LogP contribution in [-0.2, 0) is 4.79 Å². The Morgan fingerprint density at radius 2 is 2.05 bits per heavy atom. The van der Waals surface area contributed by atoms with Crippen LogP contribution in [0.2, 0.25) is 0 Å². The smallest absolute Gasteiger partial charge is 0.269 e. The van der Waals surface area contributed by atoms with Crippen molar-refractivity contribution in [1.29, 1.82) is 0 Å². The molecule has 0 aromatic heterocycles. The molecule has 2 aliphatic heterocycles. The highest BCUT2D eigenvalue weighted by atomic mass is 32.2. The van der Waals surface area contributed by atoms with Crippen LogP contribution in [-0.4, -0.2) is 38.5 Å². The molecule has 1 atom stereocenters. The molecule has 8 heteroatoms. The summed E-state index contributed by atoms with van der Waals surface area (Å²) in [5.41, 5.74) is 0.581. The lowest BCUT2D eigenvalue weighted by Gasteiger charge is -2.18. The minimum atomic E-state index is -0.469. The molecule has 19 heavy (non-hydrogen) atoms. The van der Waals surface area contributed by atoms with Crippen molar-refractivity contribution in [2.45, 2.75) is 6.04 Å². The van der Waals surface area contributed by atoms with Gasteiger partial charge in [-0.15, -0.1) is 11.8 Å². The molecule has 2 heterocycles. The number of nitrogens with zero attached hydrogens (tertiary/aromatic N) is 3. The van der Waals surface area contributed by atoms with Gasteiger partial charge in [0, 0.05) is 17.9 Å². The quantitative estimate of drug-likeness (QED) is 0.469. The van der Waals surface area contributed by atoms with Crippen LogP contribution in [0.3, 0.4) is 0 Å². The number of nitro benzene ring substituents is 1. The summed E-state index contributed by atoms with van der Waals surface area (Å²) in [5.74, 6) is 1.41. The summed E-state index contributed by atoms with van der Waals surface area (Å²) in [6.45, 7) is 0. The summed E-state index contributed by atoms with van der Waals surface area (Å²) in [5, 5.41) is 11.1. The molecule has 2 fully saturated rings. The van der Waals surface area contributed by atoms with Gasteiger partial charge in [-0.05, 0) is 24.4 Å². The highest BCUT2D eigenvalue weighted by Gasteiger charge is 2.45. The molecule has 98 valence electrons. The molecule has 6 nitrogen and oxygen atoms in total. The monoisotopic (exact) mass is 295 g/mol. The first-order chi connectivity index (χ1) is 9.09. The minimum Gasteiger partial charge on any atom is -0.326 e. The van der Waals surface area contributed by atoms with E-state index in [9.17, 15) is 14.9 Å². The van der Waals surface area contributed by atoms with Gasteiger partial charge in [0.05, 0.1) is 16.5 Å². The number of fused-ring (bicyclic) bond motifs is 1. The normalized spacial score (nSPS) is 22.0. The lowest BCUT2D eigenvalue weighted by molar-refractivity contribution is -0.384. The summed E-state index contributed by atoms with van der Waals surface area (Å²) in [6, 6.07) is 5.68. The Kier molecular flexibility index (Phi) is 2.90. The zero-order valence-electron chi connectivity index (χ0n) is 9.68. The fraction of sp³-hybridized carbons (Fsp3) is 0.273. The van der Waals surface area contributed by atoms with Crippen LogP contribution < -0.4 is 4.90 Å². The molecular formula is C11H9N3O3S2. The Balaban J connectivity index is 1.92. The van der Waals surface area contributed by atoms with Crippen LogP contribution in [0.25, 0.3) is 0 Å². The second-order valence-electron chi connectivity index (χ2n) is 4.22. The highest BCUT2D eigenvalue weighted by Crippen LogP contribution is 2.33. The van der Waals surface area contributed by atoms with Gasteiger partial charge in [0.2, 0.25) is 0 Å². The van der Waals surface area contributed by atoms with Gasteiger partial charge in [0.25, 0.3) is 11.6 Å². The molecule has 0 unspecified atom stereocenters. The molecule has 3 rings (SSSR count). The van der Waals surface area contributed by atoms with E-state index in [1.165, 1.54) is 17.0 Å². The summed E-state index contributed by atoms with van der Waals surface area (Å²) >= 11 is 6.98. The third-order valence-electron chi connectivity index (χ3n) is 3.14. The van der Waals surface area contributed by atoms with Gasteiger partial charge >= 0.3 is 0 Å². The number of non-ortho nitro benzene ring substituents is 1. The lowest BCUT2D eigenvalue weighted by atomic mass is 10.2. The van der Waals surface area contributed by atoms with E-state index in [1.807, 2.05) is 4.90 Å². The fourth-order valence-corrected chi connectivity index (χ4v) is 3.79. The second kappa shape index (κ2) is 4.46. The van der Waals surface area contributed by atoms with Gasteiger partial charge in [-0.2, -0.15) is 0 Å².